The molecule has 1 aliphatic carbocycles. The van der Waals surface area contributed by atoms with E-state index in [1.165, 1.54) is 4.31 Å². The second kappa shape index (κ2) is 6.91. The summed E-state index contributed by atoms with van der Waals surface area (Å²) >= 11 is 0. The predicted molar refractivity (Wildman–Crippen MR) is 79.4 cm³/mol. The molecule has 0 unspecified atom stereocenters. The molecule has 0 saturated heterocycles. The van der Waals surface area contributed by atoms with Crippen LogP contribution in [0.2, 0.25) is 0 Å². The SMILES string of the molecule is CCCn1cc(S(=O)(=O)N(CCOC)C2CC2)cc1CO. The highest BCUT2D eigenvalue weighted by Crippen LogP contribution is 2.32. The van der Waals surface area contributed by atoms with Gasteiger partial charge in [0, 0.05) is 38.1 Å². The van der Waals surface area contributed by atoms with Crippen molar-refractivity contribution in [3.05, 3.63) is 18.0 Å². The fourth-order valence-electron chi connectivity index (χ4n) is 2.43. The molecule has 1 fully saturated rings. The van der Waals surface area contributed by atoms with Crippen molar-refractivity contribution in [1.82, 2.24) is 8.87 Å². The third-order valence-electron chi connectivity index (χ3n) is 3.66. The van der Waals surface area contributed by atoms with Crippen molar-refractivity contribution in [2.24, 2.45) is 0 Å². The number of sulfonamides is 1. The fourth-order valence-corrected chi connectivity index (χ4v) is 4.16. The molecule has 1 heterocycles. The van der Waals surface area contributed by atoms with E-state index in [0.717, 1.165) is 19.3 Å². The lowest BCUT2D eigenvalue weighted by Gasteiger charge is -2.20. The molecule has 6 nitrogen and oxygen atoms in total. The zero-order chi connectivity index (χ0) is 15.5. The average molecular weight is 316 g/mol. The van der Waals surface area contributed by atoms with Gasteiger partial charge in [-0.2, -0.15) is 4.31 Å². The first-order valence-electron chi connectivity index (χ1n) is 7.35. The van der Waals surface area contributed by atoms with Crippen molar-refractivity contribution in [3.63, 3.8) is 0 Å². The number of aliphatic hydroxyl groups excluding tert-OH is 1. The third kappa shape index (κ3) is 3.66. The smallest absolute Gasteiger partial charge is 0.244 e. The van der Waals surface area contributed by atoms with E-state index in [1.54, 1.807) is 19.4 Å². The normalized spacial score (nSPS) is 15.8. The first kappa shape index (κ1) is 16.5. The number of nitrogens with zero attached hydrogens (tertiary/aromatic N) is 2. The zero-order valence-corrected chi connectivity index (χ0v) is 13.5. The van der Waals surface area contributed by atoms with Crippen LogP contribution < -0.4 is 0 Å². The standard InChI is InChI=1S/C14H24N2O4S/c1-3-6-15-10-14(9-13(15)11-17)21(18,19)16(7-8-20-2)12-4-5-12/h9-10,12,17H,3-8,11H2,1-2H3. The lowest BCUT2D eigenvalue weighted by Crippen LogP contribution is -2.35. The average Bonchev–Trinajstić information content (AvgIpc) is 3.19. The number of rotatable bonds is 9. The number of methoxy groups -OCH3 is 1. The summed E-state index contributed by atoms with van der Waals surface area (Å²) in [6.07, 6.45) is 4.33. The van der Waals surface area contributed by atoms with Crippen LogP contribution in [0.3, 0.4) is 0 Å². The summed E-state index contributed by atoms with van der Waals surface area (Å²) in [7, 11) is -1.95. The zero-order valence-electron chi connectivity index (χ0n) is 12.7. The Kier molecular flexibility index (Phi) is 5.43. The number of aromatic nitrogens is 1. The maximum absolute atomic E-state index is 12.8. The van der Waals surface area contributed by atoms with Crippen LogP contribution in [0, 0.1) is 0 Å². The predicted octanol–water partition coefficient (Wildman–Crippen LogP) is 1.19. The Bertz CT molecular complexity index is 564. The number of ether oxygens (including phenoxy) is 1. The molecule has 1 N–H and O–H groups in total. The molecule has 0 spiro atoms. The summed E-state index contributed by atoms with van der Waals surface area (Å²) in [6, 6.07) is 1.67. The Balaban J connectivity index is 2.28. The van der Waals surface area contributed by atoms with Gasteiger partial charge in [0.25, 0.3) is 0 Å². The molecule has 7 heteroatoms. The van der Waals surface area contributed by atoms with Crippen LogP contribution in [0.5, 0.6) is 0 Å². The summed E-state index contributed by atoms with van der Waals surface area (Å²) in [4.78, 5) is 0.267. The van der Waals surface area contributed by atoms with Crippen molar-refractivity contribution in [2.45, 2.75) is 50.3 Å². The largest absolute Gasteiger partial charge is 0.390 e. The Morgan fingerprint density at radius 3 is 2.71 bits per heavy atom. The third-order valence-corrected chi connectivity index (χ3v) is 5.58. The molecule has 0 atom stereocenters. The molecule has 1 aliphatic rings. The Morgan fingerprint density at radius 1 is 1.48 bits per heavy atom. The minimum Gasteiger partial charge on any atom is -0.390 e. The Labute approximate surface area is 126 Å². The Morgan fingerprint density at radius 2 is 2.19 bits per heavy atom. The molecule has 1 aromatic heterocycles. The minimum atomic E-state index is -3.52. The van der Waals surface area contributed by atoms with Crippen LogP contribution in [0.4, 0.5) is 0 Å². The molecule has 0 radical (unpaired) electrons. The molecular weight excluding hydrogens is 292 g/mol. The van der Waals surface area contributed by atoms with E-state index in [9.17, 15) is 13.5 Å². The first-order chi connectivity index (χ1) is 10.0. The van der Waals surface area contributed by atoms with Crippen LogP contribution in [0.1, 0.15) is 31.9 Å². The highest BCUT2D eigenvalue weighted by atomic mass is 32.2. The van der Waals surface area contributed by atoms with Crippen LogP contribution in [-0.4, -0.2) is 48.7 Å². The van der Waals surface area contributed by atoms with Gasteiger partial charge < -0.3 is 14.4 Å². The van der Waals surface area contributed by atoms with Crippen LogP contribution in [0.25, 0.3) is 0 Å². The van der Waals surface area contributed by atoms with Gasteiger partial charge in [0.05, 0.1) is 13.2 Å². The number of aryl methyl sites for hydroxylation is 1. The van der Waals surface area contributed by atoms with E-state index in [1.807, 2.05) is 11.5 Å². The van der Waals surface area contributed by atoms with E-state index in [4.69, 9.17) is 4.74 Å². The van der Waals surface area contributed by atoms with E-state index >= 15 is 0 Å². The minimum absolute atomic E-state index is 0.0947. The van der Waals surface area contributed by atoms with E-state index < -0.39 is 10.0 Å². The summed E-state index contributed by atoms with van der Waals surface area (Å²) in [5, 5.41) is 9.38. The number of aliphatic hydroxyl groups is 1. The van der Waals surface area contributed by atoms with E-state index in [-0.39, 0.29) is 17.5 Å². The maximum atomic E-state index is 12.8. The second-order valence-electron chi connectivity index (χ2n) is 5.36. The molecule has 0 aromatic carbocycles. The van der Waals surface area contributed by atoms with Gasteiger partial charge in [0.2, 0.25) is 10.0 Å². The molecule has 0 aliphatic heterocycles. The van der Waals surface area contributed by atoms with Gasteiger partial charge >= 0.3 is 0 Å². The quantitative estimate of drug-likeness (QED) is 0.743. The van der Waals surface area contributed by atoms with Gasteiger partial charge in [0.1, 0.15) is 4.90 Å². The van der Waals surface area contributed by atoms with Gasteiger partial charge in [0.15, 0.2) is 0 Å². The fraction of sp³-hybridized carbons (Fsp3) is 0.714. The summed E-state index contributed by atoms with van der Waals surface area (Å²) in [6.45, 7) is 3.32. The van der Waals surface area contributed by atoms with Gasteiger partial charge in [-0.05, 0) is 25.3 Å². The maximum Gasteiger partial charge on any atom is 0.244 e. The molecule has 1 aromatic rings. The van der Waals surface area contributed by atoms with Crippen molar-refractivity contribution < 1.29 is 18.3 Å². The molecule has 0 bridgehead atoms. The first-order valence-corrected chi connectivity index (χ1v) is 8.79. The van der Waals surface area contributed by atoms with Gasteiger partial charge in [-0.15, -0.1) is 0 Å². The lowest BCUT2D eigenvalue weighted by atomic mass is 10.4. The van der Waals surface area contributed by atoms with Crippen LogP contribution in [0.15, 0.2) is 17.2 Å². The molecular formula is C14H24N2O4S. The summed E-state index contributed by atoms with van der Waals surface area (Å²) < 4.78 is 33.9. The van der Waals surface area contributed by atoms with Crippen molar-refractivity contribution in [2.75, 3.05) is 20.3 Å². The Hall–Kier alpha value is -0.890. The lowest BCUT2D eigenvalue weighted by molar-refractivity contribution is 0.177. The summed E-state index contributed by atoms with van der Waals surface area (Å²) in [5.41, 5.74) is 0.637. The second-order valence-corrected chi connectivity index (χ2v) is 7.25. The molecule has 1 saturated carbocycles. The van der Waals surface area contributed by atoms with E-state index in [0.29, 0.717) is 25.4 Å². The van der Waals surface area contributed by atoms with Crippen molar-refractivity contribution >= 4 is 10.0 Å². The van der Waals surface area contributed by atoms with Gasteiger partial charge in [-0.25, -0.2) is 8.42 Å². The summed E-state index contributed by atoms with van der Waals surface area (Å²) in [5.74, 6) is 0. The topological polar surface area (TPSA) is 71.8 Å². The van der Waals surface area contributed by atoms with Gasteiger partial charge in [-0.1, -0.05) is 6.92 Å². The monoisotopic (exact) mass is 316 g/mol. The van der Waals surface area contributed by atoms with Gasteiger partial charge in [-0.3, -0.25) is 0 Å². The highest BCUT2D eigenvalue weighted by molar-refractivity contribution is 7.89. The number of hydrogen-bond acceptors (Lipinski definition) is 4. The van der Waals surface area contributed by atoms with E-state index in [2.05, 4.69) is 0 Å². The molecule has 2 rings (SSSR count). The highest BCUT2D eigenvalue weighted by Gasteiger charge is 2.38. The molecule has 120 valence electrons. The van der Waals surface area contributed by atoms with Crippen molar-refractivity contribution in [1.29, 1.82) is 0 Å². The van der Waals surface area contributed by atoms with Crippen LogP contribution in [-0.2, 0) is 27.9 Å². The van der Waals surface area contributed by atoms with Crippen molar-refractivity contribution in [3.8, 4) is 0 Å². The van der Waals surface area contributed by atoms with Crippen LogP contribution >= 0.6 is 0 Å². The number of hydrogen-bond donors (Lipinski definition) is 1. The molecule has 0 amide bonds. The molecule has 21 heavy (non-hydrogen) atoms.